The van der Waals surface area contributed by atoms with Crippen molar-refractivity contribution in [3.05, 3.63) is 18.0 Å². The Morgan fingerprint density at radius 2 is 2.12 bits per heavy atom. The number of hydrogen-bond donors (Lipinski definition) is 1. The van der Waals surface area contributed by atoms with Gasteiger partial charge in [0.2, 0.25) is 5.95 Å². The minimum absolute atomic E-state index is 0.509. The molecule has 0 amide bonds. The molecule has 16 heavy (non-hydrogen) atoms. The molecule has 0 saturated carbocycles. The van der Waals surface area contributed by atoms with E-state index in [4.69, 9.17) is 5.73 Å². The lowest BCUT2D eigenvalue weighted by Gasteiger charge is -2.17. The topological polar surface area (TPSA) is 55.0 Å². The third kappa shape index (κ3) is 2.32. The van der Waals surface area contributed by atoms with Crippen LogP contribution in [0.2, 0.25) is 0 Å². The second-order valence-corrected chi connectivity index (χ2v) is 4.83. The van der Waals surface area contributed by atoms with E-state index in [0.29, 0.717) is 6.54 Å². The predicted molar refractivity (Wildman–Crippen MR) is 65.1 cm³/mol. The fourth-order valence-corrected chi connectivity index (χ4v) is 2.13. The SMILES string of the molecule is CC(C)C1CCN(c2ncc(CN)cn2)C1. The van der Waals surface area contributed by atoms with Crippen molar-refractivity contribution in [1.82, 2.24) is 9.97 Å². The van der Waals surface area contributed by atoms with E-state index >= 15 is 0 Å². The Labute approximate surface area is 96.9 Å². The van der Waals surface area contributed by atoms with Gasteiger partial charge in [0.05, 0.1) is 0 Å². The van der Waals surface area contributed by atoms with Gasteiger partial charge >= 0.3 is 0 Å². The summed E-state index contributed by atoms with van der Waals surface area (Å²) in [6, 6.07) is 0. The van der Waals surface area contributed by atoms with Gasteiger partial charge in [0.15, 0.2) is 0 Å². The first-order chi connectivity index (χ1) is 7.70. The van der Waals surface area contributed by atoms with Crippen molar-refractivity contribution in [2.45, 2.75) is 26.8 Å². The van der Waals surface area contributed by atoms with E-state index in [1.807, 2.05) is 12.4 Å². The molecule has 4 heteroatoms. The van der Waals surface area contributed by atoms with Crippen LogP contribution in [0.1, 0.15) is 25.8 Å². The van der Waals surface area contributed by atoms with Gasteiger partial charge in [-0.15, -0.1) is 0 Å². The zero-order valence-corrected chi connectivity index (χ0v) is 10.1. The van der Waals surface area contributed by atoms with Gasteiger partial charge in [-0.2, -0.15) is 0 Å². The molecule has 88 valence electrons. The van der Waals surface area contributed by atoms with Crippen LogP contribution < -0.4 is 10.6 Å². The summed E-state index contributed by atoms with van der Waals surface area (Å²) in [6.07, 6.45) is 4.90. The number of nitrogens with two attached hydrogens (primary N) is 1. The smallest absolute Gasteiger partial charge is 0.225 e. The standard InChI is InChI=1S/C12H20N4/c1-9(2)11-3-4-16(8-11)12-14-6-10(5-13)7-15-12/h6-7,9,11H,3-5,8,13H2,1-2H3. The average Bonchev–Trinajstić information content (AvgIpc) is 2.78. The van der Waals surface area contributed by atoms with Crippen molar-refractivity contribution in [1.29, 1.82) is 0 Å². The molecule has 1 unspecified atom stereocenters. The molecule has 2 N–H and O–H groups in total. The van der Waals surface area contributed by atoms with Crippen LogP contribution in [-0.2, 0) is 6.54 Å². The summed E-state index contributed by atoms with van der Waals surface area (Å²) >= 11 is 0. The molecule has 1 saturated heterocycles. The van der Waals surface area contributed by atoms with E-state index in [0.717, 1.165) is 36.4 Å². The maximum absolute atomic E-state index is 5.52. The van der Waals surface area contributed by atoms with Gasteiger partial charge in [-0.1, -0.05) is 13.8 Å². The van der Waals surface area contributed by atoms with Crippen molar-refractivity contribution >= 4 is 5.95 Å². The minimum atomic E-state index is 0.509. The molecule has 1 aliphatic heterocycles. The van der Waals surface area contributed by atoms with Gasteiger partial charge < -0.3 is 10.6 Å². The first-order valence-corrected chi connectivity index (χ1v) is 5.96. The maximum atomic E-state index is 5.52. The first-order valence-electron chi connectivity index (χ1n) is 5.96. The van der Waals surface area contributed by atoms with E-state index in [-0.39, 0.29) is 0 Å². The highest BCUT2D eigenvalue weighted by Gasteiger charge is 2.26. The Morgan fingerprint density at radius 1 is 1.44 bits per heavy atom. The normalized spacial score (nSPS) is 20.8. The number of nitrogens with zero attached hydrogens (tertiary/aromatic N) is 3. The Balaban J connectivity index is 2.03. The maximum Gasteiger partial charge on any atom is 0.225 e. The number of aromatic nitrogens is 2. The van der Waals surface area contributed by atoms with Crippen molar-refractivity contribution < 1.29 is 0 Å². The molecular weight excluding hydrogens is 200 g/mol. The van der Waals surface area contributed by atoms with E-state index in [1.54, 1.807) is 0 Å². The molecular formula is C12H20N4. The minimum Gasteiger partial charge on any atom is -0.341 e. The molecule has 1 fully saturated rings. The summed E-state index contributed by atoms with van der Waals surface area (Å²) in [5.41, 5.74) is 6.51. The van der Waals surface area contributed by atoms with Crippen molar-refractivity contribution in [2.75, 3.05) is 18.0 Å². The summed E-state index contributed by atoms with van der Waals surface area (Å²) in [5.74, 6) is 2.37. The zero-order chi connectivity index (χ0) is 11.5. The first kappa shape index (κ1) is 11.3. The monoisotopic (exact) mass is 220 g/mol. The largest absolute Gasteiger partial charge is 0.341 e. The van der Waals surface area contributed by atoms with Crippen molar-refractivity contribution in [3.63, 3.8) is 0 Å². The van der Waals surface area contributed by atoms with Gasteiger partial charge in [-0.05, 0) is 18.3 Å². The molecule has 1 atom stereocenters. The molecule has 1 aromatic rings. The lowest BCUT2D eigenvalue weighted by atomic mass is 9.95. The van der Waals surface area contributed by atoms with Gasteiger partial charge in [0.1, 0.15) is 0 Å². The number of rotatable bonds is 3. The Kier molecular flexibility index (Phi) is 3.39. The highest BCUT2D eigenvalue weighted by Crippen LogP contribution is 2.25. The average molecular weight is 220 g/mol. The fraction of sp³-hybridized carbons (Fsp3) is 0.667. The highest BCUT2D eigenvalue weighted by atomic mass is 15.3. The molecule has 1 aromatic heterocycles. The summed E-state index contributed by atoms with van der Waals surface area (Å²) in [7, 11) is 0. The molecule has 0 spiro atoms. The number of hydrogen-bond acceptors (Lipinski definition) is 4. The summed E-state index contributed by atoms with van der Waals surface area (Å²) in [4.78, 5) is 11.0. The molecule has 0 radical (unpaired) electrons. The van der Waals surface area contributed by atoms with Crippen LogP contribution in [0.5, 0.6) is 0 Å². The van der Waals surface area contributed by atoms with Gasteiger partial charge in [0, 0.05) is 37.6 Å². The Morgan fingerprint density at radius 3 is 2.62 bits per heavy atom. The predicted octanol–water partition coefficient (Wildman–Crippen LogP) is 1.42. The Hall–Kier alpha value is -1.16. The van der Waals surface area contributed by atoms with Crippen molar-refractivity contribution in [2.24, 2.45) is 17.6 Å². The second-order valence-electron chi connectivity index (χ2n) is 4.83. The van der Waals surface area contributed by atoms with Crippen LogP contribution in [0.4, 0.5) is 5.95 Å². The summed E-state index contributed by atoms with van der Waals surface area (Å²) in [5, 5.41) is 0. The van der Waals surface area contributed by atoms with Crippen LogP contribution in [0.15, 0.2) is 12.4 Å². The number of anilines is 1. The Bertz CT molecular complexity index is 333. The molecule has 1 aliphatic rings. The van der Waals surface area contributed by atoms with E-state index in [1.165, 1.54) is 6.42 Å². The quantitative estimate of drug-likeness (QED) is 0.837. The molecule has 0 aromatic carbocycles. The summed E-state index contributed by atoms with van der Waals surface area (Å²) < 4.78 is 0. The third-order valence-corrected chi connectivity index (χ3v) is 3.38. The van der Waals surface area contributed by atoms with Crippen LogP contribution in [-0.4, -0.2) is 23.1 Å². The third-order valence-electron chi connectivity index (χ3n) is 3.38. The molecule has 0 aliphatic carbocycles. The van der Waals surface area contributed by atoms with E-state index < -0.39 is 0 Å². The fourth-order valence-electron chi connectivity index (χ4n) is 2.13. The van der Waals surface area contributed by atoms with Gasteiger partial charge in [-0.3, -0.25) is 0 Å². The van der Waals surface area contributed by atoms with Gasteiger partial charge in [0.25, 0.3) is 0 Å². The van der Waals surface area contributed by atoms with E-state index in [2.05, 4.69) is 28.7 Å². The molecule has 4 nitrogen and oxygen atoms in total. The van der Waals surface area contributed by atoms with E-state index in [9.17, 15) is 0 Å². The van der Waals surface area contributed by atoms with Crippen LogP contribution in [0.3, 0.4) is 0 Å². The molecule has 0 bridgehead atoms. The van der Waals surface area contributed by atoms with Crippen LogP contribution in [0, 0.1) is 11.8 Å². The summed E-state index contributed by atoms with van der Waals surface area (Å²) in [6.45, 7) is 7.23. The zero-order valence-electron chi connectivity index (χ0n) is 10.1. The highest BCUT2D eigenvalue weighted by molar-refractivity contribution is 5.31. The van der Waals surface area contributed by atoms with Crippen molar-refractivity contribution in [3.8, 4) is 0 Å². The lowest BCUT2D eigenvalue weighted by molar-refractivity contribution is 0.422. The second kappa shape index (κ2) is 4.78. The molecule has 2 rings (SSSR count). The van der Waals surface area contributed by atoms with Crippen LogP contribution in [0.25, 0.3) is 0 Å². The van der Waals surface area contributed by atoms with Crippen LogP contribution >= 0.6 is 0 Å². The lowest BCUT2D eigenvalue weighted by Crippen LogP contribution is -2.23. The van der Waals surface area contributed by atoms with Gasteiger partial charge in [-0.25, -0.2) is 9.97 Å². The molecule has 2 heterocycles.